The Labute approximate surface area is 112 Å². The predicted octanol–water partition coefficient (Wildman–Crippen LogP) is 3.34. The molecule has 3 nitrogen and oxygen atoms in total. The van der Waals surface area contributed by atoms with Crippen LogP contribution in [0.4, 0.5) is 5.69 Å². The highest BCUT2D eigenvalue weighted by molar-refractivity contribution is 6.31. The lowest BCUT2D eigenvalue weighted by atomic mass is 9.80. The van der Waals surface area contributed by atoms with E-state index < -0.39 is 11.4 Å². The fourth-order valence-electron chi connectivity index (χ4n) is 2.25. The van der Waals surface area contributed by atoms with Crippen LogP contribution in [0.3, 0.4) is 0 Å². The predicted molar refractivity (Wildman–Crippen MR) is 73.4 cm³/mol. The molecule has 1 N–H and O–H groups in total. The van der Waals surface area contributed by atoms with Crippen molar-refractivity contribution in [2.75, 3.05) is 18.0 Å². The third-order valence-corrected chi connectivity index (χ3v) is 4.31. The van der Waals surface area contributed by atoms with Crippen LogP contribution in [0.15, 0.2) is 18.2 Å². The maximum Gasteiger partial charge on any atom is 0.309 e. The van der Waals surface area contributed by atoms with Gasteiger partial charge in [0.1, 0.15) is 0 Å². The number of piperidine rings is 1. The van der Waals surface area contributed by atoms with Gasteiger partial charge in [0, 0.05) is 23.8 Å². The van der Waals surface area contributed by atoms with Crippen LogP contribution in [-0.2, 0) is 4.79 Å². The average Bonchev–Trinajstić information content (AvgIpc) is 2.34. The summed E-state index contributed by atoms with van der Waals surface area (Å²) in [5.41, 5.74) is 1.57. The van der Waals surface area contributed by atoms with E-state index in [-0.39, 0.29) is 0 Å². The van der Waals surface area contributed by atoms with Crippen molar-refractivity contribution in [3.05, 3.63) is 28.8 Å². The van der Waals surface area contributed by atoms with Gasteiger partial charge in [0.05, 0.1) is 5.41 Å². The molecule has 0 bridgehead atoms. The molecule has 1 aromatic carbocycles. The number of hydrogen-bond acceptors (Lipinski definition) is 2. The number of anilines is 1. The molecule has 1 aliphatic heterocycles. The number of benzene rings is 1. The van der Waals surface area contributed by atoms with E-state index >= 15 is 0 Å². The van der Waals surface area contributed by atoms with Gasteiger partial charge in [0.15, 0.2) is 0 Å². The number of carbonyl (C=O) groups is 1. The average molecular weight is 268 g/mol. The first-order chi connectivity index (χ1) is 8.42. The van der Waals surface area contributed by atoms with Crippen molar-refractivity contribution in [1.29, 1.82) is 0 Å². The quantitative estimate of drug-likeness (QED) is 0.893. The molecule has 0 aliphatic carbocycles. The Morgan fingerprint density at radius 2 is 2.00 bits per heavy atom. The number of halogens is 1. The lowest BCUT2D eigenvalue weighted by Crippen LogP contribution is -2.42. The molecule has 1 saturated heterocycles. The number of rotatable bonds is 2. The van der Waals surface area contributed by atoms with Crippen molar-refractivity contribution < 1.29 is 9.90 Å². The van der Waals surface area contributed by atoms with Crippen LogP contribution in [0.25, 0.3) is 0 Å². The zero-order chi connectivity index (χ0) is 13.3. The van der Waals surface area contributed by atoms with Gasteiger partial charge in [0.25, 0.3) is 0 Å². The SMILES string of the molecule is Cc1ccc(N2CCC(C)(C(=O)O)CC2)cc1Cl. The Kier molecular flexibility index (Phi) is 3.53. The van der Waals surface area contributed by atoms with Crippen molar-refractivity contribution in [3.63, 3.8) is 0 Å². The monoisotopic (exact) mass is 267 g/mol. The second kappa shape index (κ2) is 4.81. The standard InChI is InChI=1S/C14H18ClNO2/c1-10-3-4-11(9-12(10)15)16-7-5-14(2,6-8-16)13(17)18/h3-4,9H,5-8H2,1-2H3,(H,17,18). The van der Waals surface area contributed by atoms with E-state index in [1.807, 2.05) is 32.0 Å². The third kappa shape index (κ3) is 2.46. The Balaban J connectivity index is 2.10. The molecule has 0 radical (unpaired) electrons. The van der Waals surface area contributed by atoms with Crippen molar-refractivity contribution >= 4 is 23.3 Å². The molecule has 1 heterocycles. The molecule has 1 fully saturated rings. The Morgan fingerprint density at radius 1 is 1.39 bits per heavy atom. The van der Waals surface area contributed by atoms with E-state index in [2.05, 4.69) is 4.90 Å². The Morgan fingerprint density at radius 3 is 2.50 bits per heavy atom. The molecule has 2 rings (SSSR count). The van der Waals surface area contributed by atoms with Gasteiger partial charge < -0.3 is 10.0 Å². The lowest BCUT2D eigenvalue weighted by Gasteiger charge is -2.37. The number of carboxylic acids is 1. The van der Waals surface area contributed by atoms with E-state index in [9.17, 15) is 9.90 Å². The van der Waals surface area contributed by atoms with Gasteiger partial charge in [0.2, 0.25) is 0 Å². The Bertz CT molecular complexity index is 465. The summed E-state index contributed by atoms with van der Waals surface area (Å²) in [5.74, 6) is -0.691. The summed E-state index contributed by atoms with van der Waals surface area (Å²) in [7, 11) is 0. The molecule has 0 saturated carbocycles. The fourth-order valence-corrected chi connectivity index (χ4v) is 2.43. The molecule has 1 aromatic rings. The largest absolute Gasteiger partial charge is 0.481 e. The molecule has 0 spiro atoms. The van der Waals surface area contributed by atoms with Crippen LogP contribution in [0.2, 0.25) is 5.02 Å². The first kappa shape index (κ1) is 13.2. The minimum Gasteiger partial charge on any atom is -0.481 e. The van der Waals surface area contributed by atoms with E-state index in [1.165, 1.54) is 0 Å². The summed E-state index contributed by atoms with van der Waals surface area (Å²) in [6, 6.07) is 6.01. The summed E-state index contributed by atoms with van der Waals surface area (Å²) in [6.07, 6.45) is 1.35. The normalized spacial score (nSPS) is 18.7. The molecule has 4 heteroatoms. The highest BCUT2D eigenvalue weighted by Gasteiger charge is 2.36. The van der Waals surface area contributed by atoms with Crippen LogP contribution < -0.4 is 4.90 Å². The van der Waals surface area contributed by atoms with E-state index in [1.54, 1.807) is 0 Å². The van der Waals surface area contributed by atoms with Crippen LogP contribution in [0, 0.1) is 12.3 Å². The van der Waals surface area contributed by atoms with Crippen LogP contribution in [0.1, 0.15) is 25.3 Å². The summed E-state index contributed by atoms with van der Waals surface area (Å²) >= 11 is 6.12. The van der Waals surface area contributed by atoms with Crippen LogP contribution in [0.5, 0.6) is 0 Å². The maximum absolute atomic E-state index is 11.2. The highest BCUT2D eigenvalue weighted by Crippen LogP contribution is 2.34. The molecule has 0 atom stereocenters. The fraction of sp³-hybridized carbons (Fsp3) is 0.500. The number of aryl methyl sites for hydroxylation is 1. The number of hydrogen-bond donors (Lipinski definition) is 1. The summed E-state index contributed by atoms with van der Waals surface area (Å²) in [6.45, 7) is 5.34. The van der Waals surface area contributed by atoms with Gasteiger partial charge >= 0.3 is 5.97 Å². The summed E-state index contributed by atoms with van der Waals surface area (Å²) < 4.78 is 0. The zero-order valence-corrected chi connectivity index (χ0v) is 11.5. The number of carboxylic acid groups (broad SMARTS) is 1. The lowest BCUT2D eigenvalue weighted by molar-refractivity contribution is -0.149. The van der Waals surface area contributed by atoms with Crippen molar-refractivity contribution in [2.45, 2.75) is 26.7 Å². The summed E-state index contributed by atoms with van der Waals surface area (Å²) in [5, 5.41) is 9.96. The molecule has 0 unspecified atom stereocenters. The minimum absolute atomic E-state index is 0.578. The smallest absolute Gasteiger partial charge is 0.309 e. The van der Waals surface area contributed by atoms with Gasteiger partial charge in [-0.25, -0.2) is 0 Å². The van der Waals surface area contributed by atoms with Gasteiger partial charge in [-0.1, -0.05) is 17.7 Å². The Hall–Kier alpha value is -1.22. The van der Waals surface area contributed by atoms with E-state index in [0.717, 1.165) is 29.4 Å². The molecular weight excluding hydrogens is 250 g/mol. The third-order valence-electron chi connectivity index (χ3n) is 3.90. The summed E-state index contributed by atoms with van der Waals surface area (Å²) in [4.78, 5) is 13.4. The number of aliphatic carboxylic acids is 1. The van der Waals surface area contributed by atoms with Crippen molar-refractivity contribution in [1.82, 2.24) is 0 Å². The molecule has 18 heavy (non-hydrogen) atoms. The maximum atomic E-state index is 11.2. The molecule has 0 aromatic heterocycles. The van der Waals surface area contributed by atoms with Crippen LogP contribution in [-0.4, -0.2) is 24.2 Å². The van der Waals surface area contributed by atoms with Crippen molar-refractivity contribution in [2.24, 2.45) is 5.41 Å². The van der Waals surface area contributed by atoms with Crippen molar-refractivity contribution in [3.8, 4) is 0 Å². The van der Waals surface area contributed by atoms with Gasteiger partial charge in [-0.15, -0.1) is 0 Å². The molecule has 0 amide bonds. The molecule has 98 valence electrons. The van der Waals surface area contributed by atoms with Gasteiger partial charge in [-0.05, 0) is 44.4 Å². The second-order valence-electron chi connectivity index (χ2n) is 5.29. The topological polar surface area (TPSA) is 40.5 Å². The first-order valence-electron chi connectivity index (χ1n) is 6.17. The van der Waals surface area contributed by atoms with Crippen LogP contribution >= 0.6 is 11.6 Å². The molecule has 1 aliphatic rings. The zero-order valence-electron chi connectivity index (χ0n) is 10.7. The molecular formula is C14H18ClNO2. The van der Waals surface area contributed by atoms with E-state index in [4.69, 9.17) is 11.6 Å². The van der Waals surface area contributed by atoms with Gasteiger partial charge in [-0.3, -0.25) is 4.79 Å². The number of nitrogens with zero attached hydrogens (tertiary/aromatic N) is 1. The second-order valence-corrected chi connectivity index (χ2v) is 5.69. The highest BCUT2D eigenvalue weighted by atomic mass is 35.5. The van der Waals surface area contributed by atoms with E-state index in [0.29, 0.717) is 12.8 Å². The van der Waals surface area contributed by atoms with Gasteiger partial charge in [-0.2, -0.15) is 0 Å². The minimum atomic E-state index is -0.691. The first-order valence-corrected chi connectivity index (χ1v) is 6.55.